The maximum Gasteiger partial charge on any atom is 0.267 e. The van der Waals surface area contributed by atoms with E-state index in [1.165, 1.54) is 24.3 Å². The molecule has 0 aromatic carbocycles. The van der Waals surface area contributed by atoms with Gasteiger partial charge >= 0.3 is 0 Å². The van der Waals surface area contributed by atoms with Gasteiger partial charge in [0.05, 0.1) is 24.9 Å². The van der Waals surface area contributed by atoms with Crippen LogP contribution in [0.4, 0.5) is 0 Å². The highest BCUT2D eigenvalue weighted by atomic mass is 32.2. The third-order valence-corrected chi connectivity index (χ3v) is 6.65. The Labute approximate surface area is 147 Å². The molecule has 0 radical (unpaired) electrons. The first-order chi connectivity index (χ1) is 11.8. The standard InChI is InChI=1S/C18H27N3O2S/c22-18-11-13-12-23-8-5-17(13)20-21(18)16-3-1-14(2-4-16)19-15-6-9-24-10-7-15/h11,14-16,19H,1-10,12H2. The average Bonchev–Trinajstić information content (AvgIpc) is 2.63. The van der Waals surface area contributed by atoms with Crippen molar-refractivity contribution in [3.63, 3.8) is 0 Å². The number of nitrogens with one attached hydrogen (secondary N) is 1. The summed E-state index contributed by atoms with van der Waals surface area (Å²) in [5.41, 5.74) is 2.08. The Morgan fingerprint density at radius 1 is 1.12 bits per heavy atom. The molecule has 0 spiro atoms. The van der Waals surface area contributed by atoms with Crippen molar-refractivity contribution in [3.8, 4) is 0 Å². The summed E-state index contributed by atoms with van der Waals surface area (Å²) in [5, 5.41) is 8.53. The molecule has 1 N–H and O–H groups in total. The normalized spacial score (nSPS) is 28.5. The van der Waals surface area contributed by atoms with Crippen molar-refractivity contribution >= 4 is 11.8 Å². The van der Waals surface area contributed by atoms with E-state index in [0.29, 0.717) is 25.3 Å². The van der Waals surface area contributed by atoms with E-state index in [-0.39, 0.29) is 11.6 Å². The average molecular weight is 350 g/mol. The van der Waals surface area contributed by atoms with E-state index in [1.54, 1.807) is 10.7 Å². The SMILES string of the molecule is O=c1cc2c(nn1C1CCC(NC3CCSCC3)CC1)CCOC2. The summed E-state index contributed by atoms with van der Waals surface area (Å²) < 4.78 is 7.19. The summed E-state index contributed by atoms with van der Waals surface area (Å²) in [6.07, 6.45) is 7.86. The van der Waals surface area contributed by atoms with Crippen molar-refractivity contribution in [2.45, 2.75) is 69.7 Å². The number of nitrogens with zero attached hydrogens (tertiary/aromatic N) is 2. The molecule has 2 aliphatic heterocycles. The van der Waals surface area contributed by atoms with Gasteiger partial charge in [-0.1, -0.05) is 0 Å². The van der Waals surface area contributed by atoms with Crippen molar-refractivity contribution in [2.24, 2.45) is 0 Å². The number of aromatic nitrogens is 2. The highest BCUT2D eigenvalue weighted by molar-refractivity contribution is 7.99. The molecule has 1 aliphatic carbocycles. The van der Waals surface area contributed by atoms with Crippen LogP contribution in [0.25, 0.3) is 0 Å². The zero-order chi connectivity index (χ0) is 16.4. The summed E-state index contributed by atoms with van der Waals surface area (Å²) >= 11 is 2.08. The van der Waals surface area contributed by atoms with E-state index < -0.39 is 0 Å². The zero-order valence-corrected chi connectivity index (χ0v) is 15.0. The number of rotatable bonds is 3. The van der Waals surface area contributed by atoms with Crippen LogP contribution in [0.1, 0.15) is 55.8 Å². The van der Waals surface area contributed by atoms with Gasteiger partial charge in [-0.05, 0) is 50.0 Å². The van der Waals surface area contributed by atoms with E-state index >= 15 is 0 Å². The topological polar surface area (TPSA) is 56.2 Å². The largest absolute Gasteiger partial charge is 0.376 e. The molecule has 3 aliphatic rings. The van der Waals surface area contributed by atoms with Crippen LogP contribution in [0, 0.1) is 0 Å². The molecule has 0 bridgehead atoms. The molecule has 1 aromatic rings. The fourth-order valence-electron chi connectivity index (χ4n) is 4.17. The molecule has 4 rings (SSSR count). The first-order valence-corrected chi connectivity index (χ1v) is 10.5. The van der Waals surface area contributed by atoms with Gasteiger partial charge in [0.2, 0.25) is 0 Å². The van der Waals surface area contributed by atoms with Gasteiger partial charge in [0.1, 0.15) is 0 Å². The van der Waals surface area contributed by atoms with E-state index in [0.717, 1.165) is 43.4 Å². The third kappa shape index (κ3) is 3.70. The maximum absolute atomic E-state index is 12.4. The lowest BCUT2D eigenvalue weighted by Gasteiger charge is -2.34. The molecule has 132 valence electrons. The van der Waals surface area contributed by atoms with Crippen LogP contribution in [0.2, 0.25) is 0 Å². The van der Waals surface area contributed by atoms with Crippen LogP contribution < -0.4 is 10.9 Å². The molecule has 24 heavy (non-hydrogen) atoms. The molecule has 5 nitrogen and oxygen atoms in total. The van der Waals surface area contributed by atoms with Crippen molar-refractivity contribution in [1.82, 2.24) is 15.1 Å². The van der Waals surface area contributed by atoms with E-state index in [4.69, 9.17) is 4.74 Å². The van der Waals surface area contributed by atoms with Gasteiger partial charge in [-0.15, -0.1) is 0 Å². The van der Waals surface area contributed by atoms with Crippen LogP contribution in [-0.2, 0) is 17.8 Å². The van der Waals surface area contributed by atoms with Crippen LogP contribution in [0.5, 0.6) is 0 Å². The highest BCUT2D eigenvalue weighted by Crippen LogP contribution is 2.29. The van der Waals surface area contributed by atoms with Crippen LogP contribution in [-0.4, -0.2) is 40.0 Å². The molecular weight excluding hydrogens is 322 g/mol. The molecule has 1 saturated carbocycles. The van der Waals surface area contributed by atoms with Crippen LogP contribution in [0.15, 0.2) is 10.9 Å². The first kappa shape index (κ1) is 16.6. The smallest absolute Gasteiger partial charge is 0.267 e. The third-order valence-electron chi connectivity index (χ3n) is 5.60. The number of hydrogen-bond acceptors (Lipinski definition) is 5. The van der Waals surface area contributed by atoms with Crippen molar-refractivity contribution in [3.05, 3.63) is 27.7 Å². The maximum atomic E-state index is 12.4. The Kier molecular flexibility index (Phi) is 5.25. The molecule has 3 heterocycles. The second-order valence-corrected chi connectivity index (χ2v) is 8.49. The number of ether oxygens (including phenoxy) is 1. The molecule has 6 heteroatoms. The Hall–Kier alpha value is -0.850. The minimum absolute atomic E-state index is 0.0416. The summed E-state index contributed by atoms with van der Waals surface area (Å²) in [7, 11) is 0. The molecule has 1 saturated heterocycles. The first-order valence-electron chi connectivity index (χ1n) is 9.33. The Balaban J connectivity index is 1.38. The molecular formula is C18H27N3O2S. The molecule has 0 unspecified atom stereocenters. The lowest BCUT2D eigenvalue weighted by molar-refractivity contribution is 0.107. The quantitative estimate of drug-likeness (QED) is 0.907. The summed E-state index contributed by atoms with van der Waals surface area (Å²) in [6, 6.07) is 3.34. The van der Waals surface area contributed by atoms with Gasteiger partial charge in [0.15, 0.2) is 0 Å². The van der Waals surface area contributed by atoms with Crippen LogP contribution in [0.3, 0.4) is 0 Å². The monoisotopic (exact) mass is 349 g/mol. The van der Waals surface area contributed by atoms with Gasteiger partial charge in [0, 0.05) is 30.1 Å². The fraction of sp³-hybridized carbons (Fsp3) is 0.778. The second kappa shape index (κ2) is 7.58. The lowest BCUT2D eigenvalue weighted by atomic mass is 9.90. The van der Waals surface area contributed by atoms with Gasteiger partial charge in [-0.2, -0.15) is 16.9 Å². The Bertz CT molecular complexity index is 619. The minimum Gasteiger partial charge on any atom is -0.376 e. The number of hydrogen-bond donors (Lipinski definition) is 1. The summed E-state index contributed by atoms with van der Waals surface area (Å²) in [5.74, 6) is 2.59. The van der Waals surface area contributed by atoms with E-state index in [1.807, 2.05) is 0 Å². The van der Waals surface area contributed by atoms with Gasteiger partial charge < -0.3 is 10.1 Å². The van der Waals surface area contributed by atoms with Crippen molar-refractivity contribution in [2.75, 3.05) is 18.1 Å². The Morgan fingerprint density at radius 2 is 1.88 bits per heavy atom. The predicted octanol–water partition coefficient (Wildman–Crippen LogP) is 2.28. The van der Waals surface area contributed by atoms with E-state index in [9.17, 15) is 4.79 Å². The summed E-state index contributed by atoms with van der Waals surface area (Å²) in [6.45, 7) is 1.25. The van der Waals surface area contributed by atoms with Crippen molar-refractivity contribution < 1.29 is 4.74 Å². The van der Waals surface area contributed by atoms with Crippen molar-refractivity contribution in [1.29, 1.82) is 0 Å². The predicted molar refractivity (Wildman–Crippen MR) is 96.6 cm³/mol. The summed E-state index contributed by atoms with van der Waals surface area (Å²) in [4.78, 5) is 12.4. The van der Waals surface area contributed by atoms with Crippen LogP contribution >= 0.6 is 11.8 Å². The van der Waals surface area contributed by atoms with Gasteiger partial charge in [-0.25, -0.2) is 4.68 Å². The zero-order valence-electron chi connectivity index (χ0n) is 14.2. The fourth-order valence-corrected chi connectivity index (χ4v) is 5.28. The van der Waals surface area contributed by atoms with Gasteiger partial charge in [-0.3, -0.25) is 4.79 Å². The number of fused-ring (bicyclic) bond motifs is 1. The van der Waals surface area contributed by atoms with E-state index in [2.05, 4.69) is 22.2 Å². The second-order valence-electron chi connectivity index (χ2n) is 7.26. The number of thioether (sulfide) groups is 1. The lowest BCUT2D eigenvalue weighted by Crippen LogP contribution is -2.43. The molecule has 2 fully saturated rings. The minimum atomic E-state index is 0.0416. The molecule has 0 atom stereocenters. The molecule has 1 aromatic heterocycles. The Morgan fingerprint density at radius 3 is 2.67 bits per heavy atom. The highest BCUT2D eigenvalue weighted by Gasteiger charge is 2.27. The van der Waals surface area contributed by atoms with Gasteiger partial charge in [0.25, 0.3) is 5.56 Å². The molecule has 0 amide bonds.